The van der Waals surface area contributed by atoms with E-state index in [0.717, 1.165) is 0 Å². The van der Waals surface area contributed by atoms with Crippen LogP contribution in [0.1, 0.15) is 12.8 Å². The van der Waals surface area contributed by atoms with E-state index < -0.39 is 5.92 Å². The van der Waals surface area contributed by atoms with E-state index in [2.05, 4.69) is 5.32 Å². The first-order valence-corrected chi connectivity index (χ1v) is 3.12. The lowest BCUT2D eigenvalue weighted by Gasteiger charge is -2.04. The Morgan fingerprint density at radius 1 is 1.70 bits per heavy atom. The molecule has 1 aliphatic rings. The van der Waals surface area contributed by atoms with Gasteiger partial charge >= 0.3 is 0 Å². The minimum absolute atomic E-state index is 0.176. The largest absolute Gasteiger partial charge is 0.307 e. The molecule has 1 unspecified atom stereocenters. The maximum Gasteiger partial charge on any atom is 0.261 e. The summed E-state index contributed by atoms with van der Waals surface area (Å²) < 4.78 is 24.7. The summed E-state index contributed by atoms with van der Waals surface area (Å²) in [6, 6.07) is 1.55. The highest BCUT2D eigenvalue weighted by Gasteiger charge is 2.38. The Hall–Kier alpha value is -0.690. The second-order valence-corrected chi connectivity index (χ2v) is 2.50. The predicted molar refractivity (Wildman–Crippen MR) is 31.6 cm³/mol. The SMILES string of the molecule is N#CCC1CC(F)(F)CN1. The van der Waals surface area contributed by atoms with Crippen LogP contribution in [0.2, 0.25) is 0 Å². The number of alkyl halides is 2. The molecular weight excluding hydrogens is 138 g/mol. The Balaban J connectivity index is 2.38. The maximum atomic E-state index is 12.3. The van der Waals surface area contributed by atoms with E-state index in [1.54, 1.807) is 0 Å². The first-order chi connectivity index (χ1) is 4.64. The summed E-state index contributed by atoms with van der Waals surface area (Å²) in [7, 11) is 0. The zero-order chi connectivity index (χ0) is 7.61. The molecular formula is C6H8F2N2. The third kappa shape index (κ3) is 1.64. The molecule has 0 aromatic rings. The minimum atomic E-state index is -2.60. The van der Waals surface area contributed by atoms with Crippen molar-refractivity contribution in [3.63, 3.8) is 0 Å². The molecule has 56 valence electrons. The van der Waals surface area contributed by atoms with Crippen LogP contribution in [0.5, 0.6) is 0 Å². The molecule has 0 aromatic heterocycles. The molecule has 10 heavy (non-hydrogen) atoms. The van der Waals surface area contributed by atoms with E-state index in [4.69, 9.17) is 5.26 Å². The van der Waals surface area contributed by atoms with Gasteiger partial charge in [0.1, 0.15) is 0 Å². The smallest absolute Gasteiger partial charge is 0.261 e. The normalized spacial score (nSPS) is 29.9. The molecule has 0 aromatic carbocycles. The lowest BCUT2D eigenvalue weighted by molar-refractivity contribution is 0.0212. The molecule has 0 bridgehead atoms. The van der Waals surface area contributed by atoms with Gasteiger partial charge in [0.05, 0.1) is 19.0 Å². The number of halogens is 2. The second kappa shape index (κ2) is 2.51. The molecule has 1 aliphatic heterocycles. The number of rotatable bonds is 1. The highest BCUT2D eigenvalue weighted by molar-refractivity contribution is 4.92. The Labute approximate surface area is 57.8 Å². The van der Waals surface area contributed by atoms with Gasteiger partial charge in [-0.05, 0) is 0 Å². The Morgan fingerprint density at radius 2 is 2.40 bits per heavy atom. The summed E-state index contributed by atoms with van der Waals surface area (Å²) in [6.45, 7) is -0.278. The first kappa shape index (κ1) is 7.42. The number of nitriles is 1. The molecule has 0 amide bonds. The Bertz CT molecular complexity index is 162. The summed E-state index contributed by atoms with van der Waals surface area (Å²) in [5.74, 6) is -2.60. The van der Waals surface area contributed by atoms with Gasteiger partial charge in [0.25, 0.3) is 5.92 Å². The zero-order valence-electron chi connectivity index (χ0n) is 5.40. The van der Waals surface area contributed by atoms with Crippen LogP contribution in [0.25, 0.3) is 0 Å². The van der Waals surface area contributed by atoms with E-state index in [0.29, 0.717) is 0 Å². The molecule has 0 spiro atoms. The van der Waals surface area contributed by atoms with E-state index in [1.807, 2.05) is 6.07 Å². The minimum Gasteiger partial charge on any atom is -0.307 e. The van der Waals surface area contributed by atoms with Gasteiger partial charge in [-0.15, -0.1) is 0 Å². The molecule has 0 saturated carbocycles. The van der Waals surface area contributed by atoms with Crippen LogP contribution in [-0.4, -0.2) is 18.5 Å². The van der Waals surface area contributed by atoms with Crippen LogP contribution < -0.4 is 5.32 Å². The van der Waals surface area contributed by atoms with Crippen LogP contribution in [0.15, 0.2) is 0 Å². The van der Waals surface area contributed by atoms with E-state index >= 15 is 0 Å². The highest BCUT2D eigenvalue weighted by Crippen LogP contribution is 2.25. The highest BCUT2D eigenvalue weighted by atomic mass is 19.3. The van der Waals surface area contributed by atoms with Gasteiger partial charge < -0.3 is 5.32 Å². The molecule has 2 nitrogen and oxygen atoms in total. The molecule has 0 aliphatic carbocycles. The van der Waals surface area contributed by atoms with Gasteiger partial charge in [0.2, 0.25) is 0 Å². The summed E-state index contributed by atoms with van der Waals surface area (Å²) in [4.78, 5) is 0. The molecule has 1 heterocycles. The van der Waals surface area contributed by atoms with Gasteiger partial charge in [-0.1, -0.05) is 0 Å². The number of nitrogens with zero attached hydrogens (tertiary/aromatic N) is 1. The third-order valence-corrected chi connectivity index (χ3v) is 1.53. The van der Waals surface area contributed by atoms with Crippen molar-refractivity contribution >= 4 is 0 Å². The fourth-order valence-electron chi connectivity index (χ4n) is 1.05. The van der Waals surface area contributed by atoms with Crippen molar-refractivity contribution in [2.24, 2.45) is 0 Å². The standard InChI is InChI=1S/C6H8F2N2/c7-6(8)3-5(1-2-9)10-4-6/h5,10H,1,3-4H2. The lowest BCUT2D eigenvalue weighted by atomic mass is 10.1. The Kier molecular flexibility index (Phi) is 1.86. The Morgan fingerprint density at radius 3 is 2.80 bits per heavy atom. The summed E-state index contributed by atoms with van der Waals surface area (Å²) in [6.07, 6.45) is -0.0177. The second-order valence-electron chi connectivity index (χ2n) is 2.50. The number of nitrogens with one attached hydrogen (secondary N) is 1. The third-order valence-electron chi connectivity index (χ3n) is 1.53. The maximum absolute atomic E-state index is 12.3. The average molecular weight is 146 g/mol. The number of hydrogen-bond donors (Lipinski definition) is 1. The zero-order valence-corrected chi connectivity index (χ0v) is 5.40. The molecule has 0 radical (unpaired) electrons. The average Bonchev–Trinajstić information content (AvgIpc) is 2.12. The van der Waals surface area contributed by atoms with Gasteiger partial charge in [-0.3, -0.25) is 0 Å². The van der Waals surface area contributed by atoms with Crippen molar-refractivity contribution in [2.45, 2.75) is 24.8 Å². The topological polar surface area (TPSA) is 35.8 Å². The summed E-state index contributed by atoms with van der Waals surface area (Å²) in [5, 5.41) is 10.7. The van der Waals surface area contributed by atoms with Crippen molar-refractivity contribution in [2.75, 3.05) is 6.54 Å². The van der Waals surface area contributed by atoms with Crippen molar-refractivity contribution in [3.05, 3.63) is 0 Å². The first-order valence-electron chi connectivity index (χ1n) is 3.12. The molecule has 1 atom stereocenters. The van der Waals surface area contributed by atoms with E-state index in [-0.39, 0.29) is 25.4 Å². The van der Waals surface area contributed by atoms with Gasteiger partial charge in [-0.2, -0.15) is 5.26 Å². The van der Waals surface area contributed by atoms with Crippen LogP contribution in [0, 0.1) is 11.3 Å². The van der Waals surface area contributed by atoms with Crippen molar-refractivity contribution in [1.29, 1.82) is 5.26 Å². The van der Waals surface area contributed by atoms with Crippen molar-refractivity contribution in [1.82, 2.24) is 5.32 Å². The van der Waals surface area contributed by atoms with Crippen LogP contribution in [0.4, 0.5) is 8.78 Å². The van der Waals surface area contributed by atoms with Crippen molar-refractivity contribution < 1.29 is 8.78 Å². The van der Waals surface area contributed by atoms with Gasteiger partial charge in [0.15, 0.2) is 0 Å². The van der Waals surface area contributed by atoms with Gasteiger partial charge in [-0.25, -0.2) is 8.78 Å². The predicted octanol–water partition coefficient (Wildman–Crippen LogP) is 0.897. The lowest BCUT2D eigenvalue weighted by Crippen LogP contribution is -2.21. The summed E-state index contributed by atoms with van der Waals surface area (Å²) >= 11 is 0. The quantitative estimate of drug-likeness (QED) is 0.596. The molecule has 1 N–H and O–H groups in total. The molecule has 1 saturated heterocycles. The number of hydrogen-bond acceptors (Lipinski definition) is 2. The van der Waals surface area contributed by atoms with Crippen molar-refractivity contribution in [3.8, 4) is 6.07 Å². The molecule has 1 rings (SSSR count). The van der Waals surface area contributed by atoms with Crippen LogP contribution in [-0.2, 0) is 0 Å². The molecule has 4 heteroatoms. The van der Waals surface area contributed by atoms with Gasteiger partial charge in [0, 0.05) is 12.5 Å². The fourth-order valence-corrected chi connectivity index (χ4v) is 1.05. The van der Waals surface area contributed by atoms with E-state index in [9.17, 15) is 8.78 Å². The molecule has 1 fully saturated rings. The summed E-state index contributed by atoms with van der Waals surface area (Å²) in [5.41, 5.74) is 0. The monoisotopic (exact) mass is 146 g/mol. The van der Waals surface area contributed by atoms with Crippen LogP contribution in [0.3, 0.4) is 0 Å². The fraction of sp³-hybridized carbons (Fsp3) is 0.833. The van der Waals surface area contributed by atoms with Crippen LogP contribution >= 0.6 is 0 Å². The van der Waals surface area contributed by atoms with E-state index in [1.165, 1.54) is 0 Å².